The Kier molecular flexibility index (Phi) is 47.6. The van der Waals surface area contributed by atoms with Crippen molar-refractivity contribution in [2.45, 2.75) is 200 Å². The molecular formula is C58H90O6. The van der Waals surface area contributed by atoms with Gasteiger partial charge in [-0.25, -0.2) is 0 Å². The first kappa shape index (κ1) is 59.5. The van der Waals surface area contributed by atoms with Gasteiger partial charge < -0.3 is 14.2 Å². The van der Waals surface area contributed by atoms with Gasteiger partial charge in [0.15, 0.2) is 6.10 Å². The molecular weight excluding hydrogens is 793 g/mol. The molecule has 0 bridgehead atoms. The van der Waals surface area contributed by atoms with Crippen LogP contribution in [0.25, 0.3) is 0 Å². The molecule has 6 nitrogen and oxygen atoms in total. The number of hydrogen-bond acceptors (Lipinski definition) is 6. The molecule has 0 heterocycles. The number of carbonyl (C=O) groups is 3. The third-order valence-corrected chi connectivity index (χ3v) is 9.92. The summed E-state index contributed by atoms with van der Waals surface area (Å²) in [5.74, 6) is -1.18. The highest BCUT2D eigenvalue weighted by Crippen LogP contribution is 2.12. The Labute approximate surface area is 392 Å². The van der Waals surface area contributed by atoms with Crippen molar-refractivity contribution in [2.75, 3.05) is 13.2 Å². The van der Waals surface area contributed by atoms with E-state index in [1.165, 1.54) is 57.8 Å². The Morgan fingerprint density at radius 3 is 1.12 bits per heavy atom. The van der Waals surface area contributed by atoms with Crippen LogP contribution in [-0.2, 0) is 28.6 Å². The lowest BCUT2D eigenvalue weighted by molar-refractivity contribution is -0.166. The summed E-state index contributed by atoms with van der Waals surface area (Å²) in [6, 6.07) is 0. The average molecular weight is 883 g/mol. The van der Waals surface area contributed by atoms with Crippen molar-refractivity contribution in [3.63, 3.8) is 0 Å². The summed E-state index contributed by atoms with van der Waals surface area (Å²) in [5.41, 5.74) is 0. The van der Waals surface area contributed by atoms with E-state index in [9.17, 15) is 14.4 Å². The summed E-state index contributed by atoms with van der Waals surface area (Å²) < 4.78 is 16.6. The fourth-order valence-corrected chi connectivity index (χ4v) is 6.21. The van der Waals surface area contributed by atoms with Gasteiger partial charge in [-0.05, 0) is 103 Å². The van der Waals surface area contributed by atoms with Gasteiger partial charge in [0.2, 0.25) is 0 Å². The van der Waals surface area contributed by atoms with E-state index < -0.39 is 12.1 Å². The summed E-state index contributed by atoms with van der Waals surface area (Å²) in [7, 11) is 0. The topological polar surface area (TPSA) is 78.9 Å². The van der Waals surface area contributed by atoms with Gasteiger partial charge in [0.25, 0.3) is 0 Å². The molecule has 0 rings (SSSR count). The molecule has 0 aromatic heterocycles. The van der Waals surface area contributed by atoms with E-state index in [0.29, 0.717) is 19.3 Å². The molecule has 64 heavy (non-hydrogen) atoms. The minimum atomic E-state index is -0.868. The summed E-state index contributed by atoms with van der Waals surface area (Å²) in [6.07, 6.45) is 71.9. The number of esters is 3. The molecule has 0 N–H and O–H groups in total. The number of carbonyl (C=O) groups excluding carboxylic acids is 3. The standard InChI is InChI=1S/C58H90O6/c1-4-7-10-13-16-19-22-25-27-28-29-31-33-36-39-42-45-48-51-57(60)63-54-55(53-62-56(59)50-47-44-41-38-35-32-24-21-18-15-12-9-6-3)64-58(61)52-49-46-43-40-37-34-30-26-23-20-17-14-11-8-5-2/h8-9,11-12,17-22,26-28,30,32,35,37,40-41,44,46,49,55H,4-7,10,13-16,23-25,29,31,33-34,36,38-39,42-43,45,47-48,50-54H2,1-3H3/b11-8-,12-9-,20-17-,21-18-,22-19-,28-27-,30-26-,35-32-,40-37-,44-41-,49-46-. The van der Waals surface area contributed by atoms with Crippen molar-refractivity contribution in [2.24, 2.45) is 0 Å². The Balaban J connectivity index is 4.61. The normalized spacial score (nSPS) is 13.2. The first-order chi connectivity index (χ1) is 31.5. The SMILES string of the molecule is CC/C=C\C/C=C\C/C=C\C/C=C\C/C=C\CC(=O)OC(COC(=O)CC/C=C\C/C=C\C/C=C\C/C=C\CC)COC(=O)CCCCCCCCC/C=C\C/C=C\CCCCCC. The quantitative estimate of drug-likeness (QED) is 0.0263. The molecule has 0 aliphatic carbocycles. The Morgan fingerprint density at radius 1 is 0.344 bits per heavy atom. The Morgan fingerprint density at radius 2 is 0.688 bits per heavy atom. The molecule has 0 saturated heterocycles. The Hall–Kier alpha value is -4.45. The van der Waals surface area contributed by atoms with Crippen molar-refractivity contribution in [3.05, 3.63) is 134 Å². The van der Waals surface area contributed by atoms with Crippen molar-refractivity contribution < 1.29 is 28.6 Å². The summed E-state index contributed by atoms with van der Waals surface area (Å²) in [5, 5.41) is 0. The first-order valence-electron chi connectivity index (χ1n) is 25.2. The van der Waals surface area contributed by atoms with Gasteiger partial charge in [-0.1, -0.05) is 206 Å². The van der Waals surface area contributed by atoms with Crippen LogP contribution in [0.5, 0.6) is 0 Å². The second-order valence-corrected chi connectivity index (χ2v) is 16.0. The smallest absolute Gasteiger partial charge is 0.310 e. The van der Waals surface area contributed by atoms with E-state index in [2.05, 4.69) is 130 Å². The van der Waals surface area contributed by atoms with Crippen LogP contribution >= 0.6 is 0 Å². The van der Waals surface area contributed by atoms with Crippen LogP contribution in [0.3, 0.4) is 0 Å². The van der Waals surface area contributed by atoms with Gasteiger partial charge in [0.05, 0.1) is 6.42 Å². The largest absolute Gasteiger partial charge is 0.462 e. The van der Waals surface area contributed by atoms with Gasteiger partial charge in [-0.15, -0.1) is 0 Å². The number of allylic oxidation sites excluding steroid dienone is 21. The Bertz CT molecular complexity index is 1430. The van der Waals surface area contributed by atoms with Crippen molar-refractivity contribution >= 4 is 17.9 Å². The molecule has 0 spiro atoms. The lowest BCUT2D eigenvalue weighted by atomic mass is 10.1. The van der Waals surface area contributed by atoms with E-state index in [1.54, 1.807) is 6.08 Å². The molecule has 0 amide bonds. The fraction of sp³-hybridized carbons (Fsp3) is 0.569. The highest BCUT2D eigenvalue weighted by Gasteiger charge is 2.19. The predicted octanol–water partition coefficient (Wildman–Crippen LogP) is 16.7. The molecule has 0 fully saturated rings. The van der Waals surface area contributed by atoms with Gasteiger partial charge >= 0.3 is 17.9 Å². The molecule has 1 atom stereocenters. The van der Waals surface area contributed by atoms with E-state index in [1.807, 2.05) is 18.2 Å². The number of unbranched alkanes of at least 4 members (excludes halogenated alkanes) is 11. The van der Waals surface area contributed by atoms with Crippen LogP contribution < -0.4 is 0 Å². The maximum atomic E-state index is 12.7. The zero-order valence-corrected chi connectivity index (χ0v) is 40.7. The summed E-state index contributed by atoms with van der Waals surface area (Å²) in [6.45, 7) is 6.21. The third-order valence-electron chi connectivity index (χ3n) is 9.92. The minimum Gasteiger partial charge on any atom is -0.462 e. The molecule has 0 aromatic rings. The van der Waals surface area contributed by atoms with E-state index in [4.69, 9.17) is 14.2 Å². The maximum absolute atomic E-state index is 12.7. The average Bonchev–Trinajstić information content (AvgIpc) is 3.29. The van der Waals surface area contributed by atoms with Gasteiger partial charge in [0, 0.05) is 12.8 Å². The summed E-state index contributed by atoms with van der Waals surface area (Å²) >= 11 is 0. The second-order valence-electron chi connectivity index (χ2n) is 16.0. The molecule has 6 heteroatoms. The fourth-order valence-electron chi connectivity index (χ4n) is 6.21. The van der Waals surface area contributed by atoms with Crippen molar-refractivity contribution in [1.82, 2.24) is 0 Å². The predicted molar refractivity (Wildman–Crippen MR) is 274 cm³/mol. The van der Waals surface area contributed by atoms with E-state index >= 15 is 0 Å². The van der Waals surface area contributed by atoms with Crippen LogP contribution in [0.2, 0.25) is 0 Å². The zero-order chi connectivity index (χ0) is 46.5. The number of rotatable bonds is 43. The highest BCUT2D eigenvalue weighted by atomic mass is 16.6. The molecule has 0 radical (unpaired) electrons. The first-order valence-corrected chi connectivity index (χ1v) is 25.2. The lowest BCUT2D eigenvalue weighted by Gasteiger charge is -2.18. The van der Waals surface area contributed by atoms with Crippen LogP contribution in [0.15, 0.2) is 134 Å². The molecule has 0 aliphatic heterocycles. The minimum absolute atomic E-state index is 0.0748. The van der Waals surface area contributed by atoms with Gasteiger partial charge in [-0.2, -0.15) is 0 Å². The number of ether oxygens (including phenoxy) is 3. The molecule has 1 unspecified atom stereocenters. The van der Waals surface area contributed by atoms with Crippen molar-refractivity contribution in [3.8, 4) is 0 Å². The van der Waals surface area contributed by atoms with Gasteiger partial charge in [-0.3, -0.25) is 14.4 Å². The molecule has 358 valence electrons. The summed E-state index contributed by atoms with van der Waals surface area (Å²) in [4.78, 5) is 37.8. The highest BCUT2D eigenvalue weighted by molar-refractivity contribution is 5.72. The lowest BCUT2D eigenvalue weighted by Crippen LogP contribution is -2.30. The monoisotopic (exact) mass is 883 g/mol. The van der Waals surface area contributed by atoms with Gasteiger partial charge in [0.1, 0.15) is 13.2 Å². The second kappa shape index (κ2) is 51.2. The maximum Gasteiger partial charge on any atom is 0.310 e. The van der Waals surface area contributed by atoms with Crippen LogP contribution in [0.4, 0.5) is 0 Å². The van der Waals surface area contributed by atoms with E-state index in [0.717, 1.165) is 83.5 Å². The molecule has 0 aliphatic rings. The zero-order valence-electron chi connectivity index (χ0n) is 40.7. The van der Waals surface area contributed by atoms with Crippen LogP contribution in [0.1, 0.15) is 194 Å². The van der Waals surface area contributed by atoms with Crippen LogP contribution in [0, 0.1) is 0 Å². The number of hydrogen-bond donors (Lipinski definition) is 0. The van der Waals surface area contributed by atoms with Crippen LogP contribution in [-0.4, -0.2) is 37.2 Å². The third kappa shape index (κ3) is 48.6. The van der Waals surface area contributed by atoms with Crippen molar-refractivity contribution in [1.29, 1.82) is 0 Å². The molecule has 0 aromatic carbocycles. The van der Waals surface area contributed by atoms with E-state index in [-0.39, 0.29) is 38.0 Å². The molecule has 0 saturated carbocycles.